The van der Waals surface area contributed by atoms with E-state index < -0.39 is 23.7 Å². The molecule has 0 spiro atoms. The maximum atomic E-state index is 12.8. The molecular weight excluding hydrogens is 449 g/mol. The number of nitrogens with one attached hydrogen (secondary N) is 2. The van der Waals surface area contributed by atoms with Crippen LogP contribution < -0.4 is 10.6 Å². The molecule has 2 aliphatic rings. The summed E-state index contributed by atoms with van der Waals surface area (Å²) < 4.78 is 38.5. The van der Waals surface area contributed by atoms with Gasteiger partial charge in [-0.1, -0.05) is 23.8 Å². The minimum atomic E-state index is -4.50. The summed E-state index contributed by atoms with van der Waals surface area (Å²) in [6, 6.07) is 3.60. The fourth-order valence-electron chi connectivity index (χ4n) is 4.42. The van der Waals surface area contributed by atoms with E-state index in [1.165, 1.54) is 30.1 Å². The average Bonchev–Trinajstić information content (AvgIpc) is 2.78. The van der Waals surface area contributed by atoms with Crippen molar-refractivity contribution in [3.63, 3.8) is 0 Å². The molecule has 0 bridgehead atoms. The van der Waals surface area contributed by atoms with Gasteiger partial charge >= 0.3 is 18.2 Å². The van der Waals surface area contributed by atoms with Gasteiger partial charge in [0.15, 0.2) is 5.82 Å². The number of fused-ring (bicyclic) bond motifs is 1. The standard InChI is InChI=1S/C24H23F3N4O3/c25-24(26,27)18-2-1-3-19(11-18)30-23(34)31-21-13-28-20(12-29-21)17-7-6-15-8-14(9-22(32)33)4-5-16(15)10-17/h1-3,7,10-15H,4-6,8-9H2,(H,32,33)(H2,29,30,31,34). The lowest BCUT2D eigenvalue weighted by Crippen LogP contribution is -2.22. The van der Waals surface area contributed by atoms with Gasteiger partial charge in [0.25, 0.3) is 0 Å². The number of amides is 2. The van der Waals surface area contributed by atoms with Crippen LogP contribution in [0.15, 0.2) is 54.4 Å². The summed E-state index contributed by atoms with van der Waals surface area (Å²) in [4.78, 5) is 31.7. The highest BCUT2D eigenvalue weighted by atomic mass is 19.4. The van der Waals surface area contributed by atoms with Gasteiger partial charge < -0.3 is 10.4 Å². The maximum Gasteiger partial charge on any atom is 0.416 e. The van der Waals surface area contributed by atoms with Gasteiger partial charge in [0.1, 0.15) is 0 Å². The van der Waals surface area contributed by atoms with Gasteiger partial charge in [0, 0.05) is 12.1 Å². The third kappa shape index (κ3) is 5.81. The van der Waals surface area contributed by atoms with Gasteiger partial charge in [-0.3, -0.25) is 15.1 Å². The topological polar surface area (TPSA) is 104 Å². The fourth-order valence-corrected chi connectivity index (χ4v) is 4.42. The zero-order chi connectivity index (χ0) is 24.3. The Morgan fingerprint density at radius 3 is 2.68 bits per heavy atom. The second kappa shape index (κ2) is 9.66. The third-order valence-electron chi connectivity index (χ3n) is 6.05. The minimum Gasteiger partial charge on any atom is -0.481 e. The van der Waals surface area contributed by atoms with Crippen molar-refractivity contribution >= 4 is 29.1 Å². The summed E-state index contributed by atoms with van der Waals surface area (Å²) in [5, 5.41) is 13.8. The Hall–Kier alpha value is -3.69. The van der Waals surface area contributed by atoms with Crippen molar-refractivity contribution in [2.75, 3.05) is 10.6 Å². The Labute approximate surface area is 193 Å². The van der Waals surface area contributed by atoms with Crippen LogP contribution in [0.1, 0.15) is 43.4 Å². The van der Waals surface area contributed by atoms with Crippen molar-refractivity contribution in [1.29, 1.82) is 0 Å². The number of aliphatic carboxylic acids is 1. The highest BCUT2D eigenvalue weighted by molar-refractivity contribution is 5.99. The first-order chi connectivity index (χ1) is 16.2. The van der Waals surface area contributed by atoms with E-state index in [-0.39, 0.29) is 23.8 Å². The molecule has 1 aromatic heterocycles. The minimum absolute atomic E-state index is 0.00326. The number of allylic oxidation sites excluding steroid dienone is 4. The quantitative estimate of drug-likeness (QED) is 0.515. The second-order valence-corrected chi connectivity index (χ2v) is 8.49. The van der Waals surface area contributed by atoms with E-state index in [1.54, 1.807) is 0 Å². The Morgan fingerprint density at radius 1 is 1.15 bits per heavy atom. The fraction of sp³-hybridized carbons (Fsp3) is 0.333. The van der Waals surface area contributed by atoms with Crippen LogP contribution >= 0.6 is 0 Å². The molecule has 2 aliphatic carbocycles. The Bertz CT molecular complexity index is 1140. The van der Waals surface area contributed by atoms with Gasteiger partial charge in [-0.25, -0.2) is 9.78 Å². The third-order valence-corrected chi connectivity index (χ3v) is 6.05. The Kier molecular flexibility index (Phi) is 6.67. The predicted octanol–water partition coefficient (Wildman–Crippen LogP) is 5.74. The number of aromatic nitrogens is 2. The average molecular weight is 472 g/mol. The van der Waals surface area contributed by atoms with E-state index in [0.717, 1.165) is 43.4 Å². The van der Waals surface area contributed by atoms with Gasteiger partial charge in [-0.2, -0.15) is 13.2 Å². The summed E-state index contributed by atoms with van der Waals surface area (Å²) in [6.45, 7) is 0. The van der Waals surface area contributed by atoms with E-state index >= 15 is 0 Å². The molecule has 178 valence electrons. The van der Waals surface area contributed by atoms with Crippen molar-refractivity contribution in [2.45, 2.75) is 38.3 Å². The zero-order valence-corrected chi connectivity index (χ0v) is 18.1. The first-order valence-electron chi connectivity index (χ1n) is 10.9. The lowest BCUT2D eigenvalue weighted by molar-refractivity contribution is -0.139. The molecular formula is C24H23F3N4O3. The van der Waals surface area contributed by atoms with E-state index in [1.807, 2.05) is 0 Å². The number of anilines is 2. The monoisotopic (exact) mass is 472 g/mol. The molecule has 4 rings (SSSR count). The molecule has 3 N–H and O–H groups in total. The number of benzene rings is 1. The van der Waals surface area contributed by atoms with Crippen LogP contribution in [0.5, 0.6) is 0 Å². The summed E-state index contributed by atoms with van der Waals surface area (Å²) in [5.41, 5.74) is 2.01. The number of carboxylic acids is 1. The summed E-state index contributed by atoms with van der Waals surface area (Å²) in [6.07, 6.45) is 6.18. The molecule has 10 heteroatoms. The number of rotatable bonds is 5. The van der Waals surface area contributed by atoms with Crippen LogP contribution in [-0.2, 0) is 11.0 Å². The molecule has 1 heterocycles. The summed E-state index contributed by atoms with van der Waals surface area (Å²) in [5.74, 6) is -0.0292. The van der Waals surface area contributed by atoms with Gasteiger partial charge in [-0.15, -0.1) is 0 Å². The van der Waals surface area contributed by atoms with E-state index in [0.29, 0.717) is 11.6 Å². The molecule has 1 fully saturated rings. The second-order valence-electron chi connectivity index (χ2n) is 8.49. The molecule has 2 unspecified atom stereocenters. The number of carbonyl (C=O) groups excluding carboxylic acids is 1. The molecule has 0 saturated heterocycles. The lowest BCUT2D eigenvalue weighted by Gasteiger charge is -2.33. The molecule has 0 aliphatic heterocycles. The van der Waals surface area contributed by atoms with Crippen LogP contribution in [0.3, 0.4) is 0 Å². The van der Waals surface area contributed by atoms with Crippen molar-refractivity contribution in [3.05, 3.63) is 65.6 Å². The smallest absolute Gasteiger partial charge is 0.416 e. The number of halogens is 3. The van der Waals surface area contributed by atoms with Gasteiger partial charge in [0.05, 0.1) is 23.7 Å². The van der Waals surface area contributed by atoms with E-state index in [4.69, 9.17) is 5.11 Å². The molecule has 1 aromatic carbocycles. The number of hydrogen-bond acceptors (Lipinski definition) is 4. The Balaban J connectivity index is 1.35. The van der Waals surface area contributed by atoms with Crippen molar-refractivity contribution in [2.24, 2.45) is 11.8 Å². The van der Waals surface area contributed by atoms with Crippen molar-refractivity contribution < 1.29 is 27.9 Å². The highest BCUT2D eigenvalue weighted by Crippen LogP contribution is 2.41. The van der Waals surface area contributed by atoms with Crippen molar-refractivity contribution in [3.8, 4) is 0 Å². The molecule has 0 radical (unpaired) electrons. The van der Waals surface area contributed by atoms with E-state index in [2.05, 4.69) is 32.8 Å². The first-order valence-corrected chi connectivity index (χ1v) is 10.9. The first kappa shape index (κ1) is 23.5. The zero-order valence-electron chi connectivity index (χ0n) is 18.1. The van der Waals surface area contributed by atoms with Crippen LogP contribution in [-0.4, -0.2) is 27.1 Å². The van der Waals surface area contributed by atoms with Gasteiger partial charge in [0.2, 0.25) is 0 Å². The number of alkyl halides is 3. The number of nitrogens with zero attached hydrogens (tertiary/aromatic N) is 2. The summed E-state index contributed by atoms with van der Waals surface area (Å²) in [7, 11) is 0. The van der Waals surface area contributed by atoms with Crippen LogP contribution in [0, 0.1) is 11.8 Å². The molecule has 2 amide bonds. The molecule has 2 atom stereocenters. The van der Waals surface area contributed by atoms with Crippen LogP contribution in [0.2, 0.25) is 0 Å². The van der Waals surface area contributed by atoms with Crippen molar-refractivity contribution in [1.82, 2.24) is 9.97 Å². The lowest BCUT2D eigenvalue weighted by atomic mass is 9.72. The van der Waals surface area contributed by atoms with E-state index in [9.17, 15) is 22.8 Å². The number of carboxylic acid groups (broad SMARTS) is 1. The molecule has 34 heavy (non-hydrogen) atoms. The molecule has 2 aromatic rings. The van der Waals surface area contributed by atoms with Crippen LogP contribution in [0.25, 0.3) is 5.57 Å². The number of carbonyl (C=O) groups is 2. The Morgan fingerprint density at radius 2 is 1.97 bits per heavy atom. The largest absolute Gasteiger partial charge is 0.481 e. The summed E-state index contributed by atoms with van der Waals surface area (Å²) >= 11 is 0. The highest BCUT2D eigenvalue weighted by Gasteiger charge is 2.31. The molecule has 7 nitrogen and oxygen atoms in total. The number of hydrogen-bond donors (Lipinski definition) is 3. The maximum absolute atomic E-state index is 12.8. The predicted molar refractivity (Wildman–Crippen MR) is 120 cm³/mol. The van der Waals surface area contributed by atoms with Gasteiger partial charge in [-0.05, 0) is 61.3 Å². The normalized spacial score (nSPS) is 20.0. The van der Waals surface area contributed by atoms with Crippen LogP contribution in [0.4, 0.5) is 29.5 Å². The SMILES string of the molecule is O=C(O)CC1CCC2=CC(c3cnc(NC(=O)Nc4cccc(C(F)(F)F)c4)cn3)=CCC2C1. The number of urea groups is 1. The molecule has 1 saturated carbocycles.